The van der Waals surface area contributed by atoms with Crippen molar-refractivity contribution in [3.05, 3.63) is 60.0 Å². The number of nitrogens with zero attached hydrogens (tertiary/aromatic N) is 1. The Bertz CT molecular complexity index is 848. The van der Waals surface area contributed by atoms with Crippen molar-refractivity contribution in [1.82, 2.24) is 4.98 Å². The second-order valence-corrected chi connectivity index (χ2v) is 7.90. The highest BCUT2D eigenvalue weighted by Crippen LogP contribution is 2.27. The summed E-state index contributed by atoms with van der Waals surface area (Å²) in [4.78, 5) is 17.8. The number of carbonyl (C=O) groups is 1. The highest BCUT2D eigenvalue weighted by Gasteiger charge is 2.08. The summed E-state index contributed by atoms with van der Waals surface area (Å²) in [6.07, 6.45) is 1.44. The van der Waals surface area contributed by atoms with E-state index in [0.29, 0.717) is 11.6 Å². The van der Waals surface area contributed by atoms with Gasteiger partial charge in [-0.25, -0.2) is 4.98 Å². The Balaban J connectivity index is 1.49. The number of hydrogen-bond acceptors (Lipinski definition) is 5. The number of benzene rings is 2. The zero-order valence-electron chi connectivity index (χ0n) is 15.2. The average molecular weight is 399 g/mol. The zero-order valence-corrected chi connectivity index (χ0v) is 16.8. The van der Waals surface area contributed by atoms with E-state index < -0.39 is 0 Å². The van der Waals surface area contributed by atoms with Gasteiger partial charge in [0, 0.05) is 28.0 Å². The Morgan fingerprint density at radius 2 is 1.93 bits per heavy atom. The predicted octanol–water partition coefficient (Wildman–Crippen LogP) is 5.72. The van der Waals surface area contributed by atoms with Gasteiger partial charge in [-0.15, -0.1) is 23.1 Å². The van der Waals surface area contributed by atoms with Gasteiger partial charge in [-0.3, -0.25) is 4.79 Å². The molecule has 1 N–H and O–H groups in total. The lowest BCUT2D eigenvalue weighted by Gasteiger charge is -2.04. The molecule has 6 heteroatoms. The molecule has 0 radical (unpaired) electrons. The Hall–Kier alpha value is -2.31. The lowest BCUT2D eigenvalue weighted by molar-refractivity contribution is -0.115. The summed E-state index contributed by atoms with van der Waals surface area (Å²) in [6, 6.07) is 18.0. The highest BCUT2D eigenvalue weighted by atomic mass is 32.2. The number of aromatic nitrogens is 1. The molecule has 0 fully saturated rings. The van der Waals surface area contributed by atoms with Gasteiger partial charge in [0.1, 0.15) is 5.75 Å². The largest absolute Gasteiger partial charge is 0.494 e. The van der Waals surface area contributed by atoms with E-state index in [1.54, 1.807) is 11.8 Å². The molecule has 0 atom stereocenters. The molecule has 140 valence electrons. The van der Waals surface area contributed by atoms with Gasteiger partial charge < -0.3 is 10.1 Å². The first-order chi connectivity index (χ1) is 13.2. The number of rotatable bonds is 9. The molecule has 1 heterocycles. The maximum absolute atomic E-state index is 12.1. The van der Waals surface area contributed by atoms with Gasteiger partial charge in [-0.05, 0) is 42.8 Å². The van der Waals surface area contributed by atoms with Crippen LogP contribution in [0.4, 0.5) is 5.13 Å². The Kier molecular flexibility index (Phi) is 7.30. The van der Waals surface area contributed by atoms with Gasteiger partial charge in [-0.1, -0.05) is 25.1 Å². The normalized spacial score (nSPS) is 10.6. The van der Waals surface area contributed by atoms with Crippen molar-refractivity contribution in [3.63, 3.8) is 0 Å². The molecule has 1 aromatic heterocycles. The fraction of sp³-hybridized carbons (Fsp3) is 0.238. The van der Waals surface area contributed by atoms with E-state index in [-0.39, 0.29) is 5.91 Å². The van der Waals surface area contributed by atoms with Crippen LogP contribution in [0.15, 0.2) is 64.9 Å². The van der Waals surface area contributed by atoms with Crippen LogP contribution in [0.1, 0.15) is 19.8 Å². The molecule has 0 saturated heterocycles. The zero-order chi connectivity index (χ0) is 18.9. The third-order valence-electron chi connectivity index (χ3n) is 3.71. The van der Waals surface area contributed by atoms with E-state index >= 15 is 0 Å². The lowest BCUT2D eigenvalue weighted by atomic mass is 10.2. The van der Waals surface area contributed by atoms with Gasteiger partial charge in [0.2, 0.25) is 5.91 Å². The SMILES string of the molecule is CCCOc1ccc(-c2csc(NC(=O)CCSc3ccccc3)n2)cc1. The molecule has 0 aliphatic carbocycles. The van der Waals surface area contributed by atoms with Crippen molar-refractivity contribution in [2.45, 2.75) is 24.7 Å². The second kappa shape index (κ2) is 10.1. The number of carbonyl (C=O) groups excluding carboxylic acids is 1. The first-order valence-corrected chi connectivity index (χ1v) is 10.8. The molecular weight excluding hydrogens is 376 g/mol. The van der Waals surface area contributed by atoms with Crippen LogP contribution >= 0.6 is 23.1 Å². The molecular formula is C21H22N2O2S2. The third kappa shape index (κ3) is 6.12. The Morgan fingerprint density at radius 3 is 2.67 bits per heavy atom. The lowest BCUT2D eigenvalue weighted by Crippen LogP contribution is -2.11. The highest BCUT2D eigenvalue weighted by molar-refractivity contribution is 7.99. The number of amides is 1. The standard InChI is InChI=1S/C21H22N2O2S2/c1-2-13-25-17-10-8-16(9-11-17)19-15-27-21(22-19)23-20(24)12-14-26-18-6-4-3-5-7-18/h3-11,15H,2,12-14H2,1H3,(H,22,23,24). The molecule has 0 aliphatic heterocycles. The molecule has 2 aromatic carbocycles. The van der Waals surface area contributed by atoms with Crippen LogP contribution < -0.4 is 10.1 Å². The minimum atomic E-state index is -0.0114. The molecule has 0 unspecified atom stereocenters. The Morgan fingerprint density at radius 1 is 1.15 bits per heavy atom. The molecule has 4 nitrogen and oxygen atoms in total. The summed E-state index contributed by atoms with van der Waals surface area (Å²) in [7, 11) is 0. The van der Waals surface area contributed by atoms with Crippen LogP contribution in [0.2, 0.25) is 0 Å². The summed E-state index contributed by atoms with van der Waals surface area (Å²) in [5, 5.41) is 5.47. The molecule has 0 saturated carbocycles. The number of nitrogens with one attached hydrogen (secondary N) is 1. The summed E-state index contributed by atoms with van der Waals surface area (Å²) in [5.74, 6) is 1.59. The number of ether oxygens (including phenoxy) is 1. The van der Waals surface area contributed by atoms with E-state index in [4.69, 9.17) is 4.74 Å². The van der Waals surface area contributed by atoms with Crippen LogP contribution in [0, 0.1) is 0 Å². The number of thiazole rings is 1. The first-order valence-electron chi connectivity index (χ1n) is 8.91. The topological polar surface area (TPSA) is 51.2 Å². The maximum Gasteiger partial charge on any atom is 0.226 e. The molecule has 3 rings (SSSR count). The van der Waals surface area contributed by atoms with Gasteiger partial charge >= 0.3 is 0 Å². The van der Waals surface area contributed by atoms with Crippen LogP contribution in [0.25, 0.3) is 11.3 Å². The molecule has 0 spiro atoms. The van der Waals surface area contributed by atoms with Crippen LogP contribution in [-0.2, 0) is 4.79 Å². The monoisotopic (exact) mass is 398 g/mol. The van der Waals surface area contributed by atoms with Crippen LogP contribution in [0.3, 0.4) is 0 Å². The van der Waals surface area contributed by atoms with E-state index in [1.165, 1.54) is 16.2 Å². The average Bonchev–Trinajstić information content (AvgIpc) is 3.16. The summed E-state index contributed by atoms with van der Waals surface area (Å²) in [5.41, 5.74) is 1.87. The van der Waals surface area contributed by atoms with E-state index in [1.807, 2.05) is 60.0 Å². The van der Waals surface area contributed by atoms with Gasteiger partial charge in [0.15, 0.2) is 5.13 Å². The quantitative estimate of drug-likeness (QED) is 0.468. The number of thioether (sulfide) groups is 1. The fourth-order valence-corrected chi connectivity index (χ4v) is 3.97. The van der Waals surface area contributed by atoms with E-state index in [0.717, 1.165) is 35.8 Å². The summed E-state index contributed by atoms with van der Waals surface area (Å²) >= 11 is 3.12. The van der Waals surface area contributed by atoms with Crippen molar-refractivity contribution in [2.24, 2.45) is 0 Å². The van der Waals surface area contributed by atoms with Gasteiger partial charge in [0.25, 0.3) is 0 Å². The minimum absolute atomic E-state index is 0.0114. The van der Waals surface area contributed by atoms with Crippen molar-refractivity contribution < 1.29 is 9.53 Å². The molecule has 1 amide bonds. The van der Waals surface area contributed by atoms with Crippen molar-refractivity contribution >= 4 is 34.1 Å². The van der Waals surface area contributed by atoms with E-state index in [9.17, 15) is 4.79 Å². The van der Waals surface area contributed by atoms with Crippen LogP contribution in [0.5, 0.6) is 5.75 Å². The third-order valence-corrected chi connectivity index (χ3v) is 5.49. The van der Waals surface area contributed by atoms with E-state index in [2.05, 4.69) is 17.2 Å². The maximum atomic E-state index is 12.1. The van der Waals surface area contributed by atoms with Gasteiger partial charge in [-0.2, -0.15) is 0 Å². The van der Waals surface area contributed by atoms with Crippen molar-refractivity contribution in [2.75, 3.05) is 17.7 Å². The molecule has 3 aromatic rings. The minimum Gasteiger partial charge on any atom is -0.494 e. The van der Waals surface area contributed by atoms with Crippen molar-refractivity contribution in [1.29, 1.82) is 0 Å². The van der Waals surface area contributed by atoms with Crippen molar-refractivity contribution in [3.8, 4) is 17.0 Å². The molecule has 0 bridgehead atoms. The molecule has 0 aliphatic rings. The molecule has 27 heavy (non-hydrogen) atoms. The van der Waals surface area contributed by atoms with Gasteiger partial charge in [0.05, 0.1) is 12.3 Å². The predicted molar refractivity (Wildman–Crippen MR) is 114 cm³/mol. The smallest absolute Gasteiger partial charge is 0.226 e. The van der Waals surface area contributed by atoms with Crippen LogP contribution in [-0.4, -0.2) is 23.3 Å². The summed E-state index contributed by atoms with van der Waals surface area (Å²) in [6.45, 7) is 2.80. The second-order valence-electron chi connectivity index (χ2n) is 5.87. The first kappa shape index (κ1) is 19.5. The fourth-order valence-electron chi connectivity index (χ4n) is 2.37. The summed E-state index contributed by atoms with van der Waals surface area (Å²) < 4.78 is 5.60. The Labute approximate surface area is 168 Å². The number of hydrogen-bond donors (Lipinski definition) is 1. The number of anilines is 1.